The molecular formula is C10H15NO2. The van der Waals surface area contributed by atoms with Crippen LogP contribution in [0.25, 0.3) is 0 Å². The van der Waals surface area contributed by atoms with Crippen LogP contribution in [0.15, 0.2) is 12.5 Å². The second kappa shape index (κ2) is 2.64. The van der Waals surface area contributed by atoms with Crippen LogP contribution < -0.4 is 5.32 Å². The molecule has 1 N–H and O–H groups in total. The molecule has 0 aromatic carbocycles. The summed E-state index contributed by atoms with van der Waals surface area (Å²) in [5, 5.41) is 3.45. The molecule has 3 aliphatic rings. The molecule has 2 atom stereocenters. The lowest BCUT2D eigenvalue weighted by Gasteiger charge is -2.48. The van der Waals surface area contributed by atoms with Crippen molar-refractivity contribution in [2.45, 2.75) is 25.0 Å². The minimum atomic E-state index is -0.288. The van der Waals surface area contributed by atoms with Gasteiger partial charge in [0.15, 0.2) is 0 Å². The highest BCUT2D eigenvalue weighted by atomic mass is 16.7. The SMILES string of the molecule is C1=COC2(O1)[C@@H]1CCC[C@H]2CNC1. The second-order valence-corrected chi connectivity index (χ2v) is 4.21. The van der Waals surface area contributed by atoms with Gasteiger partial charge in [-0.15, -0.1) is 0 Å². The molecule has 0 aromatic rings. The number of piperidine rings is 1. The Hall–Kier alpha value is -0.700. The maximum Gasteiger partial charge on any atom is 0.257 e. The molecule has 3 heteroatoms. The smallest absolute Gasteiger partial charge is 0.257 e. The molecule has 1 saturated heterocycles. The van der Waals surface area contributed by atoms with E-state index >= 15 is 0 Å². The van der Waals surface area contributed by atoms with Crippen molar-refractivity contribution in [3.8, 4) is 0 Å². The Labute approximate surface area is 78.1 Å². The van der Waals surface area contributed by atoms with Crippen molar-refractivity contribution in [1.29, 1.82) is 0 Å². The van der Waals surface area contributed by atoms with Crippen LogP contribution in [0.5, 0.6) is 0 Å². The predicted molar refractivity (Wildman–Crippen MR) is 47.7 cm³/mol. The molecule has 1 saturated carbocycles. The molecule has 1 spiro atoms. The van der Waals surface area contributed by atoms with E-state index in [1.54, 1.807) is 12.5 Å². The first kappa shape index (κ1) is 7.68. The van der Waals surface area contributed by atoms with Crippen LogP contribution in [0.2, 0.25) is 0 Å². The Morgan fingerprint density at radius 3 is 2.31 bits per heavy atom. The summed E-state index contributed by atoms with van der Waals surface area (Å²) in [5.41, 5.74) is 0. The molecule has 2 heterocycles. The summed E-state index contributed by atoms with van der Waals surface area (Å²) in [7, 11) is 0. The monoisotopic (exact) mass is 181 g/mol. The van der Waals surface area contributed by atoms with E-state index in [2.05, 4.69) is 5.32 Å². The van der Waals surface area contributed by atoms with Crippen molar-refractivity contribution < 1.29 is 9.47 Å². The molecule has 2 aliphatic heterocycles. The van der Waals surface area contributed by atoms with Gasteiger partial charge < -0.3 is 14.8 Å². The first-order valence-electron chi connectivity index (χ1n) is 5.13. The Bertz CT molecular complexity index is 207. The number of rotatable bonds is 0. The lowest BCUT2D eigenvalue weighted by Crippen LogP contribution is -2.59. The van der Waals surface area contributed by atoms with Gasteiger partial charge in [-0.05, 0) is 12.8 Å². The van der Waals surface area contributed by atoms with Gasteiger partial charge in [-0.3, -0.25) is 0 Å². The number of ether oxygens (including phenoxy) is 2. The quantitative estimate of drug-likeness (QED) is 0.609. The Morgan fingerprint density at radius 1 is 1.08 bits per heavy atom. The third-order valence-electron chi connectivity index (χ3n) is 3.58. The lowest BCUT2D eigenvalue weighted by molar-refractivity contribution is -0.242. The largest absolute Gasteiger partial charge is 0.456 e. The maximum atomic E-state index is 5.71. The van der Waals surface area contributed by atoms with Gasteiger partial charge in [-0.1, -0.05) is 6.42 Å². The van der Waals surface area contributed by atoms with E-state index in [9.17, 15) is 0 Å². The van der Waals surface area contributed by atoms with Crippen LogP contribution in [-0.2, 0) is 9.47 Å². The molecule has 0 unspecified atom stereocenters. The fourth-order valence-corrected chi connectivity index (χ4v) is 2.95. The molecule has 1 aliphatic carbocycles. The van der Waals surface area contributed by atoms with Crippen LogP contribution in [0.3, 0.4) is 0 Å². The van der Waals surface area contributed by atoms with Crippen molar-refractivity contribution in [2.24, 2.45) is 11.8 Å². The zero-order valence-electron chi connectivity index (χ0n) is 7.66. The molecule has 3 nitrogen and oxygen atoms in total. The highest BCUT2D eigenvalue weighted by Gasteiger charge is 2.54. The van der Waals surface area contributed by atoms with Gasteiger partial charge in [0.05, 0.1) is 0 Å². The van der Waals surface area contributed by atoms with E-state index in [1.165, 1.54) is 19.3 Å². The Balaban J connectivity index is 1.91. The Kier molecular flexibility index (Phi) is 1.56. The average molecular weight is 181 g/mol. The van der Waals surface area contributed by atoms with Gasteiger partial charge in [-0.25, -0.2) is 0 Å². The summed E-state index contributed by atoms with van der Waals surface area (Å²) in [6.07, 6.45) is 7.19. The zero-order valence-corrected chi connectivity index (χ0v) is 7.66. The maximum absolute atomic E-state index is 5.71. The third kappa shape index (κ3) is 0.937. The average Bonchev–Trinajstić information content (AvgIpc) is 2.53. The van der Waals surface area contributed by atoms with E-state index in [4.69, 9.17) is 9.47 Å². The van der Waals surface area contributed by atoms with Crippen molar-refractivity contribution in [2.75, 3.05) is 13.1 Å². The topological polar surface area (TPSA) is 30.5 Å². The summed E-state index contributed by atoms with van der Waals surface area (Å²) in [5.74, 6) is 0.786. The van der Waals surface area contributed by atoms with Crippen molar-refractivity contribution in [1.82, 2.24) is 5.32 Å². The van der Waals surface area contributed by atoms with Crippen LogP contribution in [-0.4, -0.2) is 18.9 Å². The van der Waals surface area contributed by atoms with Gasteiger partial charge in [0, 0.05) is 24.9 Å². The summed E-state index contributed by atoms with van der Waals surface area (Å²) in [6, 6.07) is 0. The minimum absolute atomic E-state index is 0.288. The van der Waals surface area contributed by atoms with Gasteiger partial charge in [0.2, 0.25) is 0 Å². The van der Waals surface area contributed by atoms with Crippen LogP contribution in [0.4, 0.5) is 0 Å². The van der Waals surface area contributed by atoms with Crippen molar-refractivity contribution in [3.05, 3.63) is 12.5 Å². The first-order valence-corrected chi connectivity index (χ1v) is 5.13. The summed E-state index contributed by atoms with van der Waals surface area (Å²) in [4.78, 5) is 0. The fraction of sp³-hybridized carbons (Fsp3) is 0.800. The molecule has 72 valence electrons. The van der Waals surface area contributed by atoms with E-state index in [-0.39, 0.29) is 5.79 Å². The lowest BCUT2D eigenvalue weighted by atomic mass is 9.73. The van der Waals surface area contributed by atoms with Gasteiger partial charge in [0.1, 0.15) is 12.5 Å². The van der Waals surface area contributed by atoms with Crippen LogP contribution >= 0.6 is 0 Å². The number of hydrogen-bond acceptors (Lipinski definition) is 3. The van der Waals surface area contributed by atoms with Crippen LogP contribution in [0.1, 0.15) is 19.3 Å². The normalized spacial score (nSPS) is 40.0. The third-order valence-corrected chi connectivity index (χ3v) is 3.58. The Morgan fingerprint density at radius 2 is 1.69 bits per heavy atom. The summed E-state index contributed by atoms with van der Waals surface area (Å²) >= 11 is 0. The van der Waals surface area contributed by atoms with Crippen LogP contribution in [0, 0.1) is 11.8 Å². The van der Waals surface area contributed by atoms with Crippen molar-refractivity contribution in [3.63, 3.8) is 0 Å². The summed E-state index contributed by atoms with van der Waals surface area (Å²) in [6.45, 7) is 2.08. The zero-order chi connectivity index (χ0) is 8.73. The second-order valence-electron chi connectivity index (χ2n) is 4.21. The minimum Gasteiger partial charge on any atom is -0.456 e. The summed E-state index contributed by atoms with van der Waals surface area (Å²) < 4.78 is 11.4. The molecule has 3 rings (SSSR count). The molecule has 0 aromatic heterocycles. The van der Waals surface area contributed by atoms with E-state index in [0.717, 1.165) is 13.1 Å². The first-order chi connectivity index (χ1) is 6.42. The number of nitrogens with one attached hydrogen (secondary N) is 1. The molecule has 2 bridgehead atoms. The van der Waals surface area contributed by atoms with Gasteiger partial charge >= 0.3 is 0 Å². The predicted octanol–water partition coefficient (Wildman–Crippen LogP) is 1.22. The number of hydrogen-bond donors (Lipinski definition) is 1. The molecule has 2 fully saturated rings. The van der Waals surface area contributed by atoms with Gasteiger partial charge in [0.25, 0.3) is 5.79 Å². The standard InChI is InChI=1S/C10H15NO2/c1-2-8-6-11-7-9(3-1)10(8)12-4-5-13-10/h4-5,8-9,11H,1-3,6-7H2/t8-,9+. The van der Waals surface area contributed by atoms with Crippen molar-refractivity contribution >= 4 is 0 Å². The highest BCUT2D eigenvalue weighted by Crippen LogP contribution is 2.46. The molecular weight excluding hydrogens is 166 g/mol. The highest BCUT2D eigenvalue weighted by molar-refractivity contribution is 5.01. The van der Waals surface area contributed by atoms with E-state index in [1.807, 2.05) is 0 Å². The van der Waals surface area contributed by atoms with E-state index in [0.29, 0.717) is 11.8 Å². The van der Waals surface area contributed by atoms with Gasteiger partial charge in [-0.2, -0.15) is 0 Å². The molecule has 0 radical (unpaired) electrons. The molecule has 13 heavy (non-hydrogen) atoms. The molecule has 0 amide bonds. The van der Waals surface area contributed by atoms with E-state index < -0.39 is 0 Å². The fourth-order valence-electron chi connectivity index (χ4n) is 2.95.